The fourth-order valence-corrected chi connectivity index (χ4v) is 2.06. The summed E-state index contributed by atoms with van der Waals surface area (Å²) in [6.07, 6.45) is 0. The van der Waals surface area contributed by atoms with E-state index in [9.17, 15) is 0 Å². The predicted octanol–water partition coefficient (Wildman–Crippen LogP) is 3.76. The van der Waals surface area contributed by atoms with Gasteiger partial charge in [-0.15, -0.1) is 0 Å². The van der Waals surface area contributed by atoms with Gasteiger partial charge in [-0.2, -0.15) is 4.98 Å². The van der Waals surface area contributed by atoms with Gasteiger partial charge in [0.2, 0.25) is 5.95 Å². The molecule has 23 heavy (non-hydrogen) atoms. The minimum atomic E-state index is -0.108. The summed E-state index contributed by atoms with van der Waals surface area (Å²) in [6, 6.07) is 7.47. The standard InChI is InChI=1S/C17H24N4O2/c1-11-9-15(20-16(18-11)21-17(2,3)4)19-13-8-7-12(22-5)10-14(13)23-6/h7-10H,1-6H3,(H2,18,19,20,21). The summed E-state index contributed by atoms with van der Waals surface area (Å²) in [5, 5.41) is 6.55. The Labute approximate surface area is 137 Å². The van der Waals surface area contributed by atoms with Gasteiger partial charge in [0.15, 0.2) is 0 Å². The van der Waals surface area contributed by atoms with E-state index in [0.717, 1.165) is 17.1 Å². The maximum atomic E-state index is 5.40. The Hall–Kier alpha value is -2.50. The lowest BCUT2D eigenvalue weighted by atomic mass is 10.1. The maximum Gasteiger partial charge on any atom is 0.225 e. The summed E-state index contributed by atoms with van der Waals surface area (Å²) in [6.45, 7) is 8.14. The third-order valence-corrected chi connectivity index (χ3v) is 3.01. The number of nitrogens with one attached hydrogen (secondary N) is 2. The van der Waals surface area contributed by atoms with E-state index in [1.54, 1.807) is 14.2 Å². The highest BCUT2D eigenvalue weighted by Gasteiger charge is 2.13. The smallest absolute Gasteiger partial charge is 0.225 e. The lowest BCUT2D eigenvalue weighted by molar-refractivity contribution is 0.395. The molecule has 6 heteroatoms. The molecule has 0 fully saturated rings. The van der Waals surface area contributed by atoms with E-state index in [4.69, 9.17) is 9.47 Å². The molecule has 0 saturated heterocycles. The molecular weight excluding hydrogens is 292 g/mol. The van der Waals surface area contributed by atoms with E-state index < -0.39 is 0 Å². The number of nitrogens with zero attached hydrogens (tertiary/aromatic N) is 2. The van der Waals surface area contributed by atoms with Crippen LogP contribution in [0, 0.1) is 6.92 Å². The average Bonchev–Trinajstić information content (AvgIpc) is 2.45. The van der Waals surface area contributed by atoms with Crippen LogP contribution in [0.15, 0.2) is 24.3 Å². The molecule has 0 radical (unpaired) electrons. The molecule has 2 aromatic rings. The van der Waals surface area contributed by atoms with Gasteiger partial charge in [0.1, 0.15) is 17.3 Å². The first-order valence-corrected chi connectivity index (χ1v) is 7.43. The number of ether oxygens (including phenoxy) is 2. The summed E-state index contributed by atoms with van der Waals surface area (Å²) >= 11 is 0. The monoisotopic (exact) mass is 316 g/mol. The molecule has 0 aliphatic carbocycles. The van der Waals surface area contributed by atoms with Crippen molar-refractivity contribution < 1.29 is 9.47 Å². The van der Waals surface area contributed by atoms with Gasteiger partial charge in [-0.1, -0.05) is 0 Å². The Morgan fingerprint density at radius 1 is 1.00 bits per heavy atom. The van der Waals surface area contributed by atoms with E-state index in [2.05, 4.69) is 41.4 Å². The average molecular weight is 316 g/mol. The molecule has 0 aliphatic rings. The molecule has 2 N–H and O–H groups in total. The Balaban J connectivity index is 2.29. The number of hydrogen-bond acceptors (Lipinski definition) is 6. The van der Waals surface area contributed by atoms with Crippen molar-refractivity contribution in [1.29, 1.82) is 0 Å². The van der Waals surface area contributed by atoms with Crippen LogP contribution < -0.4 is 20.1 Å². The molecular formula is C17H24N4O2. The van der Waals surface area contributed by atoms with Crippen molar-refractivity contribution in [2.45, 2.75) is 33.2 Å². The van der Waals surface area contributed by atoms with Crippen molar-refractivity contribution >= 4 is 17.5 Å². The summed E-state index contributed by atoms with van der Waals surface area (Å²) in [5.74, 6) is 2.72. The molecule has 1 heterocycles. The first-order valence-electron chi connectivity index (χ1n) is 7.43. The number of hydrogen-bond donors (Lipinski definition) is 2. The van der Waals surface area contributed by atoms with Crippen LogP contribution in [0.4, 0.5) is 17.5 Å². The van der Waals surface area contributed by atoms with E-state index in [0.29, 0.717) is 17.5 Å². The van der Waals surface area contributed by atoms with Crippen molar-refractivity contribution in [1.82, 2.24) is 9.97 Å². The van der Waals surface area contributed by atoms with Gasteiger partial charge >= 0.3 is 0 Å². The molecule has 0 atom stereocenters. The van der Waals surface area contributed by atoms with Crippen LogP contribution in [0.3, 0.4) is 0 Å². The highest BCUT2D eigenvalue weighted by atomic mass is 16.5. The fraction of sp³-hybridized carbons (Fsp3) is 0.412. The quantitative estimate of drug-likeness (QED) is 0.875. The number of benzene rings is 1. The highest BCUT2D eigenvalue weighted by molar-refractivity contribution is 5.66. The Bertz CT molecular complexity index is 681. The van der Waals surface area contributed by atoms with Crippen molar-refractivity contribution in [2.75, 3.05) is 24.9 Å². The van der Waals surface area contributed by atoms with Crippen LogP contribution in [0.2, 0.25) is 0 Å². The lowest BCUT2D eigenvalue weighted by Crippen LogP contribution is -2.27. The van der Waals surface area contributed by atoms with Crippen LogP contribution in [0.25, 0.3) is 0 Å². The van der Waals surface area contributed by atoms with Gasteiger partial charge in [0, 0.05) is 23.4 Å². The van der Waals surface area contributed by atoms with E-state index in [-0.39, 0.29) is 5.54 Å². The van der Waals surface area contributed by atoms with Crippen molar-refractivity contribution in [3.63, 3.8) is 0 Å². The van der Waals surface area contributed by atoms with Crippen LogP contribution in [-0.2, 0) is 0 Å². The first-order chi connectivity index (χ1) is 10.8. The summed E-state index contributed by atoms with van der Waals surface area (Å²) in [5.41, 5.74) is 1.58. The SMILES string of the molecule is COc1ccc(Nc2cc(C)nc(NC(C)(C)C)n2)c(OC)c1. The number of aromatic nitrogens is 2. The predicted molar refractivity (Wildman–Crippen MR) is 93.0 cm³/mol. The second-order valence-electron chi connectivity index (χ2n) is 6.28. The van der Waals surface area contributed by atoms with Gasteiger partial charge in [-0.25, -0.2) is 4.98 Å². The molecule has 0 amide bonds. The van der Waals surface area contributed by atoms with Crippen molar-refractivity contribution in [3.8, 4) is 11.5 Å². The molecule has 1 aromatic heterocycles. The van der Waals surface area contributed by atoms with Crippen LogP contribution in [0.5, 0.6) is 11.5 Å². The third-order valence-electron chi connectivity index (χ3n) is 3.01. The largest absolute Gasteiger partial charge is 0.497 e. The van der Waals surface area contributed by atoms with Gasteiger partial charge in [0.05, 0.1) is 19.9 Å². The minimum absolute atomic E-state index is 0.108. The van der Waals surface area contributed by atoms with E-state index in [1.165, 1.54) is 0 Å². The summed E-state index contributed by atoms with van der Waals surface area (Å²) < 4.78 is 10.6. The van der Waals surface area contributed by atoms with Crippen molar-refractivity contribution in [2.24, 2.45) is 0 Å². The Morgan fingerprint density at radius 2 is 1.74 bits per heavy atom. The van der Waals surface area contributed by atoms with Gasteiger partial charge in [0.25, 0.3) is 0 Å². The van der Waals surface area contributed by atoms with Crippen molar-refractivity contribution in [3.05, 3.63) is 30.0 Å². The highest BCUT2D eigenvalue weighted by Crippen LogP contribution is 2.31. The van der Waals surface area contributed by atoms with Crippen LogP contribution >= 0.6 is 0 Å². The Morgan fingerprint density at radius 3 is 2.35 bits per heavy atom. The molecule has 0 saturated carbocycles. The van der Waals surface area contributed by atoms with Gasteiger partial charge < -0.3 is 20.1 Å². The molecule has 0 aliphatic heterocycles. The Kier molecular flexibility index (Phi) is 4.93. The maximum absolute atomic E-state index is 5.40. The minimum Gasteiger partial charge on any atom is -0.497 e. The first kappa shape index (κ1) is 16.9. The third kappa shape index (κ3) is 4.74. The zero-order valence-corrected chi connectivity index (χ0v) is 14.5. The zero-order chi connectivity index (χ0) is 17.0. The van der Waals surface area contributed by atoms with Gasteiger partial charge in [-0.05, 0) is 39.8 Å². The molecule has 1 aromatic carbocycles. The topological polar surface area (TPSA) is 68.3 Å². The lowest BCUT2D eigenvalue weighted by Gasteiger charge is -2.21. The van der Waals surface area contributed by atoms with Crippen LogP contribution in [-0.4, -0.2) is 29.7 Å². The number of rotatable bonds is 5. The van der Waals surface area contributed by atoms with E-state index in [1.807, 2.05) is 31.2 Å². The van der Waals surface area contributed by atoms with Gasteiger partial charge in [-0.3, -0.25) is 0 Å². The normalized spacial score (nSPS) is 11.0. The number of aryl methyl sites for hydroxylation is 1. The van der Waals surface area contributed by atoms with Crippen LogP contribution in [0.1, 0.15) is 26.5 Å². The molecule has 124 valence electrons. The molecule has 0 bridgehead atoms. The zero-order valence-electron chi connectivity index (χ0n) is 14.5. The summed E-state index contributed by atoms with van der Waals surface area (Å²) in [4.78, 5) is 8.93. The summed E-state index contributed by atoms with van der Waals surface area (Å²) in [7, 11) is 3.25. The molecule has 0 unspecified atom stereocenters. The molecule has 0 spiro atoms. The fourth-order valence-electron chi connectivity index (χ4n) is 2.06. The number of anilines is 3. The molecule has 2 rings (SSSR count). The molecule has 6 nitrogen and oxygen atoms in total. The number of methoxy groups -OCH3 is 2. The second-order valence-corrected chi connectivity index (χ2v) is 6.28. The van der Waals surface area contributed by atoms with E-state index >= 15 is 0 Å². The second kappa shape index (κ2) is 6.73.